The van der Waals surface area contributed by atoms with Crippen molar-refractivity contribution in [2.45, 2.75) is 0 Å². The van der Waals surface area contributed by atoms with Gasteiger partial charge in [-0.15, -0.1) is 0 Å². The van der Waals surface area contributed by atoms with E-state index in [-0.39, 0.29) is 0 Å². The summed E-state index contributed by atoms with van der Waals surface area (Å²) in [6.45, 7) is 0. The van der Waals surface area contributed by atoms with Crippen LogP contribution in [-0.4, -0.2) is 27.1 Å². The van der Waals surface area contributed by atoms with Crippen LogP contribution in [0.4, 0.5) is 0 Å². The molecule has 28 valence electrons. The van der Waals surface area contributed by atoms with Crippen LogP contribution < -0.4 is 0 Å². The Morgan fingerprint density at radius 3 is 1.83 bits per heavy atom. The zero-order chi connectivity index (χ0) is 4.41. The van der Waals surface area contributed by atoms with Crippen molar-refractivity contribution in [2.75, 3.05) is 0 Å². The first kappa shape index (κ1) is 4.38. The van der Waals surface area contributed by atoms with Crippen molar-refractivity contribution in [2.24, 2.45) is 0 Å². The minimum absolute atomic E-state index is 0.997. The molecular formula is C5H5In. The third kappa shape index (κ3) is 0.839. The van der Waals surface area contributed by atoms with Gasteiger partial charge in [0.1, 0.15) is 0 Å². The van der Waals surface area contributed by atoms with E-state index in [4.69, 9.17) is 0 Å². The van der Waals surface area contributed by atoms with Gasteiger partial charge in [-0.3, -0.25) is 0 Å². The van der Waals surface area contributed by atoms with Gasteiger partial charge >= 0.3 is 51.5 Å². The second-order valence-corrected chi connectivity index (χ2v) is 3.62. The third-order valence-electron chi connectivity index (χ3n) is 0.732. The molecule has 0 saturated heterocycles. The van der Waals surface area contributed by atoms with E-state index >= 15 is 0 Å². The number of rotatable bonds is 0. The molecule has 0 spiro atoms. The molecule has 0 atom stereocenters. The van der Waals surface area contributed by atoms with E-state index in [9.17, 15) is 0 Å². The Bertz CT molecular complexity index is 106. The Hall–Kier alpha value is 0.220. The summed E-state index contributed by atoms with van der Waals surface area (Å²) in [4.78, 5) is 0. The van der Waals surface area contributed by atoms with Crippen molar-refractivity contribution in [1.82, 2.24) is 0 Å². The molecule has 1 rings (SSSR count). The van der Waals surface area contributed by atoms with Crippen LogP contribution in [0.15, 0.2) is 24.3 Å². The SMILES string of the molecule is [InH]=[C]1C=CC=C1. The molecule has 0 aromatic carbocycles. The number of hydrogen-bond donors (Lipinski definition) is 0. The van der Waals surface area contributed by atoms with Gasteiger partial charge in [-0.05, 0) is 0 Å². The summed E-state index contributed by atoms with van der Waals surface area (Å²) >= 11 is 0.997. The average molecular weight is 180 g/mol. The van der Waals surface area contributed by atoms with E-state index in [2.05, 4.69) is 24.3 Å². The Labute approximate surface area is 51.6 Å². The predicted molar refractivity (Wildman–Crippen MR) is 30.4 cm³/mol. The van der Waals surface area contributed by atoms with E-state index in [0.29, 0.717) is 0 Å². The van der Waals surface area contributed by atoms with Gasteiger partial charge in [0, 0.05) is 0 Å². The fourth-order valence-electron chi connectivity index (χ4n) is 0.414. The number of allylic oxidation sites excluding steroid dienone is 4. The summed E-state index contributed by atoms with van der Waals surface area (Å²) in [7, 11) is 0. The molecule has 0 heterocycles. The van der Waals surface area contributed by atoms with Crippen molar-refractivity contribution in [1.29, 1.82) is 0 Å². The van der Waals surface area contributed by atoms with Crippen LogP contribution in [0.2, 0.25) is 0 Å². The molecule has 1 heteroatoms. The molecule has 0 unspecified atom stereocenters. The van der Waals surface area contributed by atoms with E-state index in [1.165, 1.54) is 3.26 Å². The Balaban J connectivity index is 2.86. The van der Waals surface area contributed by atoms with E-state index in [0.717, 1.165) is 23.9 Å². The molecule has 0 radical (unpaired) electrons. The minimum atomic E-state index is 0.997. The maximum atomic E-state index is 2.16. The molecule has 0 aromatic rings. The van der Waals surface area contributed by atoms with Gasteiger partial charge in [0.05, 0.1) is 0 Å². The zero-order valence-electron chi connectivity index (χ0n) is 3.52. The average Bonchev–Trinajstić information content (AvgIpc) is 1.86. The first-order valence-electron chi connectivity index (χ1n) is 1.93. The standard InChI is InChI=1S/C5H4.In.H/c1-2-4-5-3-1;;/h1-4H;;. The maximum absolute atomic E-state index is 2.16. The molecule has 0 nitrogen and oxygen atoms in total. The van der Waals surface area contributed by atoms with E-state index in [1.54, 1.807) is 0 Å². The first-order valence-corrected chi connectivity index (χ1v) is 3.95. The topological polar surface area (TPSA) is 0 Å². The monoisotopic (exact) mass is 180 g/mol. The summed E-state index contributed by atoms with van der Waals surface area (Å²) in [6, 6.07) is 0. The Morgan fingerprint density at radius 2 is 1.67 bits per heavy atom. The normalized spacial score (nSPS) is 16.8. The van der Waals surface area contributed by atoms with Crippen molar-refractivity contribution in [3.8, 4) is 0 Å². The van der Waals surface area contributed by atoms with Crippen LogP contribution in [-0.2, 0) is 0 Å². The van der Waals surface area contributed by atoms with Crippen LogP contribution in [0.3, 0.4) is 0 Å². The molecule has 0 fully saturated rings. The van der Waals surface area contributed by atoms with Gasteiger partial charge in [0.25, 0.3) is 0 Å². The molecule has 0 amide bonds. The van der Waals surface area contributed by atoms with Crippen molar-refractivity contribution >= 4 is 27.1 Å². The van der Waals surface area contributed by atoms with Crippen LogP contribution in [0, 0.1) is 0 Å². The molecule has 0 aromatic heterocycles. The van der Waals surface area contributed by atoms with Gasteiger partial charge in [0.2, 0.25) is 0 Å². The molecule has 0 bridgehead atoms. The van der Waals surface area contributed by atoms with E-state index < -0.39 is 0 Å². The van der Waals surface area contributed by atoms with Crippen molar-refractivity contribution < 1.29 is 0 Å². The van der Waals surface area contributed by atoms with E-state index in [1.807, 2.05) is 0 Å². The molecule has 1 aliphatic rings. The number of hydrogen-bond acceptors (Lipinski definition) is 0. The Kier molecular flexibility index (Phi) is 1.30. The third-order valence-corrected chi connectivity index (χ3v) is 2.08. The molecule has 0 saturated carbocycles. The molecule has 1 aliphatic carbocycles. The van der Waals surface area contributed by atoms with Gasteiger partial charge in [-0.1, -0.05) is 0 Å². The van der Waals surface area contributed by atoms with Crippen LogP contribution in [0.5, 0.6) is 0 Å². The first-order chi connectivity index (χ1) is 2.89. The van der Waals surface area contributed by atoms with Gasteiger partial charge in [0.15, 0.2) is 0 Å². The summed E-state index contributed by atoms with van der Waals surface area (Å²) in [5.74, 6) is 0. The van der Waals surface area contributed by atoms with Crippen LogP contribution in [0.25, 0.3) is 0 Å². The zero-order valence-corrected chi connectivity index (χ0v) is 7.55. The quantitative estimate of drug-likeness (QED) is 0.498. The summed E-state index contributed by atoms with van der Waals surface area (Å²) < 4.78 is 1.51. The Morgan fingerprint density at radius 1 is 1.17 bits per heavy atom. The second kappa shape index (κ2) is 1.78. The fourth-order valence-corrected chi connectivity index (χ4v) is 1.19. The van der Waals surface area contributed by atoms with Crippen molar-refractivity contribution in [3.05, 3.63) is 24.3 Å². The van der Waals surface area contributed by atoms with Gasteiger partial charge in [-0.2, -0.15) is 0 Å². The second-order valence-electron chi connectivity index (χ2n) is 1.29. The van der Waals surface area contributed by atoms with Gasteiger partial charge < -0.3 is 0 Å². The fraction of sp³-hybridized carbons (Fsp3) is 0. The van der Waals surface area contributed by atoms with Crippen LogP contribution >= 0.6 is 0 Å². The molecule has 0 aliphatic heterocycles. The predicted octanol–water partition coefficient (Wildman–Crippen LogP) is 0.186. The van der Waals surface area contributed by atoms with Crippen molar-refractivity contribution in [3.63, 3.8) is 0 Å². The van der Waals surface area contributed by atoms with Gasteiger partial charge in [-0.25, -0.2) is 0 Å². The summed E-state index contributed by atoms with van der Waals surface area (Å²) in [5.41, 5.74) is 0. The molecule has 6 heavy (non-hydrogen) atoms. The summed E-state index contributed by atoms with van der Waals surface area (Å²) in [5, 5.41) is 0. The molecule has 0 N–H and O–H groups in total. The molecular weight excluding hydrogens is 175 g/mol. The van der Waals surface area contributed by atoms with Crippen LogP contribution in [0.1, 0.15) is 0 Å². The summed E-state index contributed by atoms with van der Waals surface area (Å²) in [6.07, 6.45) is 8.48.